The van der Waals surface area contributed by atoms with Gasteiger partial charge in [-0.3, -0.25) is 4.79 Å². The number of carboxylic acids is 1. The smallest absolute Gasteiger partial charge is 0.337 e. The fourth-order valence-electron chi connectivity index (χ4n) is 2.83. The second kappa shape index (κ2) is 7.76. The molecule has 1 saturated carbocycles. The first-order chi connectivity index (χ1) is 11.3. The molecule has 1 aliphatic rings. The van der Waals surface area contributed by atoms with E-state index in [0.29, 0.717) is 36.8 Å². The summed E-state index contributed by atoms with van der Waals surface area (Å²) in [6.07, 6.45) is 2.02. The predicted molar refractivity (Wildman–Crippen MR) is 86.9 cm³/mol. The molecule has 7 nitrogen and oxygen atoms in total. The van der Waals surface area contributed by atoms with E-state index in [9.17, 15) is 18.0 Å². The number of nitrogens with one attached hydrogen (secondary N) is 1. The molecule has 24 heavy (non-hydrogen) atoms. The zero-order chi connectivity index (χ0) is 17.7. The minimum Gasteiger partial charge on any atom is -0.481 e. The summed E-state index contributed by atoms with van der Waals surface area (Å²) in [6.45, 7) is 0. The molecule has 1 aliphatic carbocycles. The van der Waals surface area contributed by atoms with Gasteiger partial charge in [0.15, 0.2) is 0 Å². The molecule has 0 spiro atoms. The molecule has 0 heterocycles. The highest BCUT2D eigenvalue weighted by Crippen LogP contribution is 2.25. The second-order valence-electron chi connectivity index (χ2n) is 5.95. The fraction of sp³-hybridized carbons (Fsp3) is 0.500. The Bertz CT molecular complexity index is 690. The van der Waals surface area contributed by atoms with Gasteiger partial charge in [-0.2, -0.15) is 0 Å². The number of rotatable bonds is 6. The monoisotopic (exact) mass is 355 g/mol. The van der Waals surface area contributed by atoms with Crippen LogP contribution in [0.25, 0.3) is 0 Å². The molecule has 8 heteroatoms. The third-order valence-electron chi connectivity index (χ3n) is 4.15. The number of benzene rings is 1. The number of hydrogen-bond acceptors (Lipinski definition) is 5. The predicted octanol–water partition coefficient (Wildman–Crippen LogP) is 1.54. The van der Waals surface area contributed by atoms with Gasteiger partial charge in [0.25, 0.3) is 0 Å². The standard InChI is InChI=1S/C16H21NO6S/c1-23-16(20)13-4-2-11(3-5-13)10-24(21,22)17-14-8-6-12(7-9-14)15(18)19/h2-5,12,14,17H,6-10H2,1H3,(H,18,19). The quantitative estimate of drug-likeness (QED) is 0.749. The topological polar surface area (TPSA) is 110 Å². The van der Waals surface area contributed by atoms with Gasteiger partial charge in [-0.05, 0) is 43.4 Å². The molecule has 1 aromatic rings. The lowest BCUT2D eigenvalue weighted by Crippen LogP contribution is -2.39. The average Bonchev–Trinajstić information content (AvgIpc) is 2.54. The number of carboxylic acid groups (broad SMARTS) is 1. The summed E-state index contributed by atoms with van der Waals surface area (Å²) in [5, 5.41) is 8.96. The fourth-order valence-corrected chi connectivity index (χ4v) is 4.29. The lowest BCUT2D eigenvalue weighted by Gasteiger charge is -2.26. The Morgan fingerprint density at radius 2 is 1.75 bits per heavy atom. The molecule has 0 atom stereocenters. The first-order valence-corrected chi connectivity index (χ1v) is 9.36. The van der Waals surface area contributed by atoms with Gasteiger partial charge in [-0.1, -0.05) is 12.1 Å². The maximum Gasteiger partial charge on any atom is 0.337 e. The summed E-state index contributed by atoms with van der Waals surface area (Å²) in [5.74, 6) is -1.86. The first-order valence-electron chi connectivity index (χ1n) is 7.71. The van der Waals surface area contributed by atoms with Gasteiger partial charge in [-0.25, -0.2) is 17.9 Å². The maximum atomic E-state index is 12.2. The highest BCUT2D eigenvalue weighted by molar-refractivity contribution is 7.88. The number of esters is 1. The number of sulfonamides is 1. The van der Waals surface area contributed by atoms with Gasteiger partial charge < -0.3 is 9.84 Å². The van der Waals surface area contributed by atoms with Gasteiger partial charge >= 0.3 is 11.9 Å². The SMILES string of the molecule is COC(=O)c1ccc(CS(=O)(=O)NC2CCC(C(=O)O)CC2)cc1. The summed E-state index contributed by atoms with van der Waals surface area (Å²) < 4.78 is 31.7. The third kappa shape index (κ3) is 5.04. The minimum absolute atomic E-state index is 0.187. The summed E-state index contributed by atoms with van der Waals surface area (Å²) in [5.41, 5.74) is 0.924. The van der Waals surface area contributed by atoms with Crippen molar-refractivity contribution in [3.8, 4) is 0 Å². The largest absolute Gasteiger partial charge is 0.481 e. The molecule has 0 unspecified atom stereocenters. The minimum atomic E-state index is -3.52. The number of aliphatic carboxylic acids is 1. The van der Waals surface area contributed by atoms with Crippen molar-refractivity contribution in [2.24, 2.45) is 5.92 Å². The molecule has 1 fully saturated rings. The van der Waals surface area contributed by atoms with Crippen molar-refractivity contribution in [3.63, 3.8) is 0 Å². The number of methoxy groups -OCH3 is 1. The second-order valence-corrected chi connectivity index (χ2v) is 7.71. The van der Waals surface area contributed by atoms with Crippen LogP contribution in [0.5, 0.6) is 0 Å². The van der Waals surface area contributed by atoms with Gasteiger partial charge in [-0.15, -0.1) is 0 Å². The number of hydrogen-bond donors (Lipinski definition) is 2. The molecule has 0 saturated heterocycles. The van der Waals surface area contributed by atoms with E-state index < -0.39 is 22.0 Å². The van der Waals surface area contributed by atoms with E-state index in [-0.39, 0.29) is 17.7 Å². The Morgan fingerprint density at radius 1 is 1.17 bits per heavy atom. The number of carbonyl (C=O) groups excluding carboxylic acids is 1. The van der Waals surface area contributed by atoms with Gasteiger partial charge in [0.2, 0.25) is 10.0 Å². The van der Waals surface area contributed by atoms with Crippen molar-refractivity contribution in [2.75, 3.05) is 7.11 Å². The summed E-state index contributed by atoms with van der Waals surface area (Å²) in [7, 11) is -2.24. The summed E-state index contributed by atoms with van der Waals surface area (Å²) in [4.78, 5) is 22.3. The Labute approximate surface area is 141 Å². The molecule has 132 valence electrons. The van der Waals surface area contributed by atoms with Crippen molar-refractivity contribution in [2.45, 2.75) is 37.5 Å². The molecule has 0 amide bonds. The molecule has 0 aromatic heterocycles. The molecule has 2 rings (SSSR count). The van der Waals surface area contributed by atoms with Crippen LogP contribution in [0, 0.1) is 5.92 Å². The van der Waals surface area contributed by atoms with Crippen LogP contribution < -0.4 is 4.72 Å². The van der Waals surface area contributed by atoms with Crippen molar-refractivity contribution in [1.29, 1.82) is 0 Å². The van der Waals surface area contributed by atoms with Crippen LogP contribution in [0.2, 0.25) is 0 Å². The van der Waals surface area contributed by atoms with Gasteiger partial charge in [0.05, 0.1) is 24.3 Å². The molecular weight excluding hydrogens is 334 g/mol. The van der Waals surface area contributed by atoms with Crippen LogP contribution in [-0.4, -0.2) is 38.6 Å². The summed E-state index contributed by atoms with van der Waals surface area (Å²) in [6, 6.07) is 5.98. The summed E-state index contributed by atoms with van der Waals surface area (Å²) >= 11 is 0. The van der Waals surface area contributed by atoms with Gasteiger partial charge in [0.1, 0.15) is 0 Å². The van der Waals surface area contributed by atoms with Crippen LogP contribution in [0.4, 0.5) is 0 Å². The van der Waals surface area contributed by atoms with Crippen molar-refractivity contribution >= 4 is 22.0 Å². The van der Waals surface area contributed by atoms with Crippen molar-refractivity contribution in [3.05, 3.63) is 35.4 Å². The highest BCUT2D eigenvalue weighted by atomic mass is 32.2. The molecule has 0 bridgehead atoms. The van der Waals surface area contributed by atoms with E-state index >= 15 is 0 Å². The van der Waals surface area contributed by atoms with E-state index in [4.69, 9.17) is 5.11 Å². The molecule has 0 radical (unpaired) electrons. The van der Waals surface area contributed by atoms with Crippen molar-refractivity contribution < 1.29 is 27.9 Å². The lowest BCUT2D eigenvalue weighted by molar-refractivity contribution is -0.142. The molecular formula is C16H21NO6S. The van der Waals surface area contributed by atoms with Crippen LogP contribution in [0.3, 0.4) is 0 Å². The Hall–Kier alpha value is -1.93. The van der Waals surface area contributed by atoms with E-state index in [1.165, 1.54) is 19.2 Å². The molecule has 0 aliphatic heterocycles. The van der Waals surface area contributed by atoms with Crippen LogP contribution >= 0.6 is 0 Å². The average molecular weight is 355 g/mol. The first kappa shape index (κ1) is 18.4. The van der Waals surface area contributed by atoms with E-state index in [0.717, 1.165) is 0 Å². The van der Waals surface area contributed by atoms with Crippen LogP contribution in [-0.2, 0) is 25.3 Å². The molecule has 2 N–H and O–H groups in total. The third-order valence-corrected chi connectivity index (χ3v) is 5.56. The number of carbonyl (C=O) groups is 2. The van der Waals surface area contributed by atoms with Crippen LogP contribution in [0.1, 0.15) is 41.6 Å². The lowest BCUT2D eigenvalue weighted by atomic mass is 9.87. The molecule has 1 aromatic carbocycles. The van der Waals surface area contributed by atoms with Gasteiger partial charge in [0, 0.05) is 6.04 Å². The highest BCUT2D eigenvalue weighted by Gasteiger charge is 2.28. The Kier molecular flexibility index (Phi) is 5.95. The zero-order valence-corrected chi connectivity index (χ0v) is 14.2. The van der Waals surface area contributed by atoms with Crippen LogP contribution in [0.15, 0.2) is 24.3 Å². The Morgan fingerprint density at radius 3 is 2.25 bits per heavy atom. The van der Waals surface area contributed by atoms with E-state index in [1.807, 2.05) is 0 Å². The number of ether oxygens (including phenoxy) is 1. The van der Waals surface area contributed by atoms with E-state index in [2.05, 4.69) is 9.46 Å². The normalized spacial score (nSPS) is 21.2. The maximum absolute atomic E-state index is 12.2. The van der Waals surface area contributed by atoms with E-state index in [1.54, 1.807) is 12.1 Å². The zero-order valence-electron chi connectivity index (χ0n) is 13.4. The Balaban J connectivity index is 1.92. The van der Waals surface area contributed by atoms with Crippen molar-refractivity contribution in [1.82, 2.24) is 4.72 Å².